The number of carbonyl (C=O) groups is 2. The van der Waals surface area contributed by atoms with Gasteiger partial charge in [0.1, 0.15) is 0 Å². The molecule has 0 atom stereocenters. The molecule has 2 rings (SSSR count). The molecule has 0 radical (unpaired) electrons. The Morgan fingerprint density at radius 3 is 2.47 bits per heavy atom. The number of ether oxygens (including phenoxy) is 3. The lowest BCUT2D eigenvalue weighted by Crippen LogP contribution is -2.44. The summed E-state index contributed by atoms with van der Waals surface area (Å²) in [7, 11) is 3.21. The molecule has 0 aliphatic heterocycles. The Morgan fingerprint density at radius 2 is 1.82 bits per heavy atom. The first-order valence-electron chi connectivity index (χ1n) is 11.4. The van der Waals surface area contributed by atoms with Crippen molar-refractivity contribution in [2.45, 2.75) is 32.7 Å². The fourth-order valence-electron chi connectivity index (χ4n) is 3.48. The van der Waals surface area contributed by atoms with Crippen LogP contribution in [0.2, 0.25) is 0 Å². The van der Waals surface area contributed by atoms with E-state index in [-0.39, 0.29) is 30.7 Å². The van der Waals surface area contributed by atoms with Crippen LogP contribution < -0.4 is 9.47 Å². The average Bonchev–Trinajstić information content (AvgIpc) is 3.36. The molecule has 1 heterocycles. The van der Waals surface area contributed by atoms with Gasteiger partial charge in [0.15, 0.2) is 11.5 Å². The molecule has 2 aromatic rings. The molecule has 2 amide bonds. The number of hydrogen-bond acceptors (Lipinski definition) is 6. The fourth-order valence-corrected chi connectivity index (χ4v) is 4.36. The molecule has 0 fully saturated rings. The largest absolute Gasteiger partial charge is 0.493 e. The Bertz CT molecular complexity index is 878. The monoisotopic (exact) mass is 510 g/mol. The van der Waals surface area contributed by atoms with Crippen molar-refractivity contribution in [2.24, 2.45) is 0 Å². The molecular weight excluding hydrogens is 476 g/mol. The average molecular weight is 511 g/mol. The number of alkyl halides is 1. The molecule has 0 unspecified atom stereocenters. The first-order valence-corrected chi connectivity index (χ1v) is 12.9. The van der Waals surface area contributed by atoms with E-state index in [0.717, 1.165) is 10.4 Å². The number of amides is 2. The van der Waals surface area contributed by atoms with Crippen LogP contribution in [0.4, 0.5) is 0 Å². The van der Waals surface area contributed by atoms with Gasteiger partial charge in [0.2, 0.25) is 11.8 Å². The minimum Gasteiger partial charge on any atom is -0.493 e. The van der Waals surface area contributed by atoms with E-state index in [0.29, 0.717) is 57.2 Å². The molecule has 0 saturated carbocycles. The van der Waals surface area contributed by atoms with Crippen LogP contribution in [0, 0.1) is 0 Å². The van der Waals surface area contributed by atoms with Gasteiger partial charge in [-0.15, -0.1) is 22.9 Å². The normalized spacial score (nSPS) is 10.7. The van der Waals surface area contributed by atoms with E-state index in [2.05, 4.69) is 0 Å². The molecule has 188 valence electrons. The third-order valence-corrected chi connectivity index (χ3v) is 6.36. The molecule has 9 heteroatoms. The second-order valence-corrected chi connectivity index (χ2v) is 9.05. The molecule has 0 bridgehead atoms. The van der Waals surface area contributed by atoms with Crippen molar-refractivity contribution in [1.82, 2.24) is 9.80 Å². The summed E-state index contributed by atoms with van der Waals surface area (Å²) in [6.07, 6.45) is 1.53. The molecule has 1 aromatic carbocycles. The lowest BCUT2D eigenvalue weighted by Gasteiger charge is -2.28. The van der Waals surface area contributed by atoms with Crippen molar-refractivity contribution in [3.8, 4) is 11.5 Å². The first kappa shape index (κ1) is 28.0. The van der Waals surface area contributed by atoms with Gasteiger partial charge < -0.3 is 24.0 Å². The summed E-state index contributed by atoms with van der Waals surface area (Å²) in [4.78, 5) is 30.5. The van der Waals surface area contributed by atoms with Gasteiger partial charge >= 0.3 is 0 Å². The van der Waals surface area contributed by atoms with Gasteiger partial charge in [-0.05, 0) is 48.9 Å². The minimum absolute atomic E-state index is 0.0269. The SMILES string of the molecule is CCOCCCN(CC(=O)N(CCc1ccc(OC)c(OC)c1)Cc1cccs1)C(=O)CCCl. The van der Waals surface area contributed by atoms with E-state index in [1.807, 2.05) is 47.5 Å². The maximum absolute atomic E-state index is 13.3. The van der Waals surface area contributed by atoms with Gasteiger partial charge in [-0.25, -0.2) is 0 Å². The number of carbonyl (C=O) groups excluding carboxylic acids is 2. The predicted molar refractivity (Wildman–Crippen MR) is 136 cm³/mol. The Hall–Kier alpha value is -2.29. The zero-order valence-electron chi connectivity index (χ0n) is 20.3. The van der Waals surface area contributed by atoms with Crippen LogP contribution in [-0.2, 0) is 27.3 Å². The fraction of sp³-hybridized carbons (Fsp3) is 0.520. The predicted octanol–water partition coefficient (Wildman–Crippen LogP) is 4.22. The molecule has 0 aliphatic carbocycles. The highest BCUT2D eigenvalue weighted by molar-refractivity contribution is 7.09. The molecule has 0 spiro atoms. The number of halogens is 1. The molecule has 0 saturated heterocycles. The second-order valence-electron chi connectivity index (χ2n) is 7.64. The number of methoxy groups -OCH3 is 2. The van der Waals surface area contributed by atoms with Crippen LogP contribution >= 0.6 is 22.9 Å². The summed E-state index contributed by atoms with van der Waals surface area (Å²) < 4.78 is 16.1. The van der Waals surface area contributed by atoms with Crippen molar-refractivity contribution in [1.29, 1.82) is 0 Å². The number of nitrogens with zero attached hydrogens (tertiary/aromatic N) is 2. The van der Waals surface area contributed by atoms with Gasteiger partial charge in [0, 0.05) is 43.5 Å². The van der Waals surface area contributed by atoms with Crippen molar-refractivity contribution >= 4 is 34.8 Å². The number of benzene rings is 1. The lowest BCUT2D eigenvalue weighted by atomic mass is 10.1. The molecular formula is C25H35ClN2O5S. The summed E-state index contributed by atoms with van der Waals surface area (Å²) >= 11 is 7.41. The van der Waals surface area contributed by atoms with Crippen molar-refractivity contribution in [3.05, 3.63) is 46.2 Å². The Kier molecular flexibility index (Phi) is 12.8. The van der Waals surface area contributed by atoms with Gasteiger partial charge in [-0.1, -0.05) is 12.1 Å². The smallest absolute Gasteiger partial charge is 0.242 e. The highest BCUT2D eigenvalue weighted by Gasteiger charge is 2.21. The van der Waals surface area contributed by atoms with Crippen LogP contribution in [-0.4, -0.2) is 74.6 Å². The molecule has 0 aliphatic rings. The summed E-state index contributed by atoms with van der Waals surface area (Å²) in [5, 5.41) is 2.00. The first-order chi connectivity index (χ1) is 16.5. The van der Waals surface area contributed by atoms with E-state index in [1.54, 1.807) is 30.5 Å². The standard InChI is InChI=1S/C25H35ClN2O5S/c1-4-33-15-6-13-27(24(29)10-12-26)19-25(30)28(18-21-7-5-16-34-21)14-11-20-8-9-22(31-2)23(17-20)32-3/h5,7-9,16-17H,4,6,10-15,18-19H2,1-3H3. The zero-order chi connectivity index (χ0) is 24.8. The van der Waals surface area contributed by atoms with E-state index < -0.39 is 0 Å². The lowest BCUT2D eigenvalue weighted by molar-refractivity contribution is -0.140. The summed E-state index contributed by atoms with van der Waals surface area (Å²) in [6.45, 7) is 4.61. The summed E-state index contributed by atoms with van der Waals surface area (Å²) in [5.74, 6) is 1.35. The maximum Gasteiger partial charge on any atom is 0.242 e. The van der Waals surface area contributed by atoms with Gasteiger partial charge in [-0.2, -0.15) is 0 Å². The summed E-state index contributed by atoms with van der Waals surface area (Å²) in [5.41, 5.74) is 1.04. The van der Waals surface area contributed by atoms with E-state index in [1.165, 1.54) is 0 Å². The van der Waals surface area contributed by atoms with Gasteiger partial charge in [0.05, 0.1) is 27.3 Å². The van der Waals surface area contributed by atoms with Crippen LogP contribution in [0.15, 0.2) is 35.7 Å². The van der Waals surface area contributed by atoms with Gasteiger partial charge in [-0.3, -0.25) is 9.59 Å². The number of thiophene rings is 1. The number of rotatable bonds is 16. The zero-order valence-corrected chi connectivity index (χ0v) is 21.8. The molecule has 0 N–H and O–H groups in total. The Morgan fingerprint density at radius 1 is 1.03 bits per heavy atom. The van der Waals surface area contributed by atoms with E-state index in [4.69, 9.17) is 25.8 Å². The van der Waals surface area contributed by atoms with Gasteiger partial charge in [0.25, 0.3) is 0 Å². The maximum atomic E-state index is 13.3. The van der Waals surface area contributed by atoms with E-state index >= 15 is 0 Å². The molecule has 34 heavy (non-hydrogen) atoms. The van der Waals surface area contributed by atoms with Crippen molar-refractivity contribution in [2.75, 3.05) is 52.9 Å². The summed E-state index contributed by atoms with van der Waals surface area (Å²) in [6, 6.07) is 9.75. The molecule has 1 aromatic heterocycles. The minimum atomic E-state index is -0.115. The Balaban J connectivity index is 2.11. The third kappa shape index (κ3) is 9.16. The Labute approximate surface area is 211 Å². The highest BCUT2D eigenvalue weighted by Crippen LogP contribution is 2.28. The second kappa shape index (κ2) is 15.6. The van der Waals surface area contributed by atoms with Crippen molar-refractivity contribution in [3.63, 3.8) is 0 Å². The van der Waals surface area contributed by atoms with Crippen molar-refractivity contribution < 1.29 is 23.8 Å². The van der Waals surface area contributed by atoms with E-state index in [9.17, 15) is 9.59 Å². The van der Waals surface area contributed by atoms with Crippen LogP contribution in [0.1, 0.15) is 30.2 Å². The van der Waals surface area contributed by atoms with Crippen LogP contribution in [0.25, 0.3) is 0 Å². The van der Waals surface area contributed by atoms with Crippen LogP contribution in [0.5, 0.6) is 11.5 Å². The topological polar surface area (TPSA) is 68.3 Å². The van der Waals surface area contributed by atoms with Crippen LogP contribution in [0.3, 0.4) is 0 Å². The molecule has 7 nitrogen and oxygen atoms in total. The number of hydrogen-bond donors (Lipinski definition) is 0. The third-order valence-electron chi connectivity index (χ3n) is 5.31. The highest BCUT2D eigenvalue weighted by atomic mass is 35.5. The quantitative estimate of drug-likeness (QED) is 0.250.